The first kappa shape index (κ1) is 20.7. The molecule has 0 aromatic carbocycles. The Morgan fingerprint density at radius 3 is 2.29 bits per heavy atom. The zero-order chi connectivity index (χ0) is 18.2. The molecule has 0 saturated carbocycles. The van der Waals surface area contributed by atoms with Crippen molar-refractivity contribution < 1.29 is 19.1 Å². The van der Waals surface area contributed by atoms with Gasteiger partial charge >= 0.3 is 12.1 Å². The van der Waals surface area contributed by atoms with Crippen LogP contribution in [0.25, 0.3) is 0 Å². The number of rotatable bonds is 7. The summed E-state index contributed by atoms with van der Waals surface area (Å²) in [5, 5.41) is 3.23. The molecule has 0 aromatic rings. The van der Waals surface area contributed by atoms with Crippen LogP contribution in [0.15, 0.2) is 0 Å². The fraction of sp³-hybridized carbons (Fsp3) is 0.882. The van der Waals surface area contributed by atoms with E-state index < -0.39 is 5.60 Å². The number of methoxy groups -OCH3 is 1. The number of carbonyl (C=O) groups excluding carboxylic acids is 2. The van der Waals surface area contributed by atoms with Crippen molar-refractivity contribution in [1.29, 1.82) is 0 Å². The van der Waals surface area contributed by atoms with Crippen LogP contribution in [0.3, 0.4) is 0 Å². The molecule has 0 spiro atoms. The minimum Gasteiger partial charge on any atom is -0.468 e. The van der Waals surface area contributed by atoms with Crippen molar-refractivity contribution in [2.45, 2.75) is 52.2 Å². The van der Waals surface area contributed by atoms with Gasteiger partial charge in [0.15, 0.2) is 0 Å². The summed E-state index contributed by atoms with van der Waals surface area (Å²) >= 11 is 0. The number of hydrogen-bond acceptors (Lipinski definition) is 6. The Labute approximate surface area is 145 Å². The molecule has 140 valence electrons. The molecule has 0 bridgehead atoms. The summed E-state index contributed by atoms with van der Waals surface area (Å²) in [6.07, 6.45) is 1.45. The maximum atomic E-state index is 12.0. The summed E-state index contributed by atoms with van der Waals surface area (Å²) in [5.74, 6) is -0.205. The second-order valence-electron chi connectivity index (χ2n) is 7.10. The number of nitrogens with one attached hydrogen (secondary N) is 1. The molecule has 0 aliphatic carbocycles. The van der Waals surface area contributed by atoms with Gasteiger partial charge in [0.1, 0.15) is 11.6 Å². The minimum atomic E-state index is -0.449. The predicted molar refractivity (Wildman–Crippen MR) is 93.0 cm³/mol. The van der Waals surface area contributed by atoms with E-state index in [2.05, 4.69) is 10.2 Å². The smallest absolute Gasteiger partial charge is 0.410 e. The van der Waals surface area contributed by atoms with Crippen LogP contribution in [0.5, 0.6) is 0 Å². The largest absolute Gasteiger partial charge is 0.468 e. The Morgan fingerprint density at radius 1 is 1.17 bits per heavy atom. The zero-order valence-corrected chi connectivity index (χ0v) is 15.8. The van der Waals surface area contributed by atoms with Gasteiger partial charge in [-0.15, -0.1) is 0 Å². The number of esters is 1. The molecule has 1 saturated heterocycles. The second kappa shape index (κ2) is 9.84. The summed E-state index contributed by atoms with van der Waals surface area (Å²) < 4.78 is 10.2. The van der Waals surface area contributed by atoms with Crippen molar-refractivity contribution in [2.75, 3.05) is 46.4 Å². The van der Waals surface area contributed by atoms with E-state index in [0.29, 0.717) is 13.1 Å². The lowest BCUT2D eigenvalue weighted by Crippen LogP contribution is -2.50. The average molecular weight is 343 g/mol. The van der Waals surface area contributed by atoms with Gasteiger partial charge in [-0.05, 0) is 46.7 Å². The molecule has 1 heterocycles. The van der Waals surface area contributed by atoms with Crippen molar-refractivity contribution in [1.82, 2.24) is 15.1 Å². The van der Waals surface area contributed by atoms with Crippen molar-refractivity contribution in [3.8, 4) is 0 Å². The standard InChI is InChI=1S/C17H33N3O4/c1-6-14(15(21)23-5)18-8-7-9-19-10-12-20(13-11-19)16(22)24-17(2,3)4/h14,18H,6-13H2,1-5H3. The number of hydrogen-bond donors (Lipinski definition) is 1. The number of amides is 1. The summed E-state index contributed by atoms with van der Waals surface area (Å²) in [5.41, 5.74) is -0.449. The van der Waals surface area contributed by atoms with Crippen LogP contribution < -0.4 is 5.32 Å². The van der Waals surface area contributed by atoms with Crippen LogP contribution in [0.4, 0.5) is 4.79 Å². The van der Waals surface area contributed by atoms with E-state index in [1.807, 2.05) is 27.7 Å². The molecule has 1 unspecified atom stereocenters. The van der Waals surface area contributed by atoms with E-state index in [1.165, 1.54) is 7.11 Å². The molecule has 1 fully saturated rings. The zero-order valence-electron chi connectivity index (χ0n) is 15.8. The summed E-state index contributed by atoms with van der Waals surface area (Å²) in [6, 6.07) is -0.223. The molecule has 1 amide bonds. The molecule has 1 atom stereocenters. The van der Waals surface area contributed by atoms with Crippen molar-refractivity contribution >= 4 is 12.1 Å². The molecule has 1 N–H and O–H groups in total. The van der Waals surface area contributed by atoms with Crippen LogP contribution in [0.2, 0.25) is 0 Å². The fourth-order valence-electron chi connectivity index (χ4n) is 2.60. The highest BCUT2D eigenvalue weighted by molar-refractivity contribution is 5.75. The molecule has 0 radical (unpaired) electrons. The summed E-state index contributed by atoms with van der Waals surface area (Å²) in [6.45, 7) is 12.4. The Morgan fingerprint density at radius 2 is 1.79 bits per heavy atom. The lowest BCUT2D eigenvalue weighted by molar-refractivity contribution is -0.143. The molecule has 24 heavy (non-hydrogen) atoms. The molecule has 1 rings (SSSR count). The Bertz CT molecular complexity index is 401. The van der Waals surface area contributed by atoms with Gasteiger partial charge in [-0.25, -0.2) is 4.79 Å². The Kier molecular flexibility index (Phi) is 8.48. The van der Waals surface area contributed by atoms with E-state index >= 15 is 0 Å². The molecular weight excluding hydrogens is 310 g/mol. The number of nitrogens with zero attached hydrogens (tertiary/aromatic N) is 2. The first-order valence-corrected chi connectivity index (χ1v) is 8.78. The normalized spacial score (nSPS) is 17.5. The van der Waals surface area contributed by atoms with Crippen LogP contribution in [0, 0.1) is 0 Å². The van der Waals surface area contributed by atoms with Crippen LogP contribution in [-0.2, 0) is 14.3 Å². The van der Waals surface area contributed by atoms with Crippen LogP contribution in [-0.4, -0.2) is 79.9 Å². The van der Waals surface area contributed by atoms with Gasteiger partial charge in [0.2, 0.25) is 0 Å². The number of piperazine rings is 1. The van der Waals surface area contributed by atoms with E-state index in [1.54, 1.807) is 4.90 Å². The SMILES string of the molecule is CCC(NCCCN1CCN(C(=O)OC(C)(C)C)CC1)C(=O)OC. The second-order valence-corrected chi connectivity index (χ2v) is 7.10. The van der Waals surface area contributed by atoms with Gasteiger partial charge < -0.3 is 19.7 Å². The highest BCUT2D eigenvalue weighted by Gasteiger charge is 2.25. The molecule has 7 nitrogen and oxygen atoms in total. The topological polar surface area (TPSA) is 71.1 Å². The lowest BCUT2D eigenvalue weighted by atomic mass is 10.2. The third-order valence-corrected chi connectivity index (χ3v) is 3.96. The van der Waals surface area contributed by atoms with Gasteiger partial charge in [-0.1, -0.05) is 6.92 Å². The lowest BCUT2D eigenvalue weighted by Gasteiger charge is -2.35. The van der Waals surface area contributed by atoms with Crippen LogP contribution in [0.1, 0.15) is 40.5 Å². The van der Waals surface area contributed by atoms with E-state index in [4.69, 9.17) is 9.47 Å². The highest BCUT2D eigenvalue weighted by atomic mass is 16.6. The van der Waals surface area contributed by atoms with E-state index in [-0.39, 0.29) is 18.1 Å². The Hall–Kier alpha value is -1.34. The third kappa shape index (κ3) is 7.49. The van der Waals surface area contributed by atoms with Gasteiger partial charge in [0.05, 0.1) is 7.11 Å². The highest BCUT2D eigenvalue weighted by Crippen LogP contribution is 2.11. The van der Waals surface area contributed by atoms with Crippen molar-refractivity contribution in [3.63, 3.8) is 0 Å². The third-order valence-electron chi connectivity index (χ3n) is 3.96. The van der Waals surface area contributed by atoms with Gasteiger partial charge in [-0.3, -0.25) is 9.69 Å². The van der Waals surface area contributed by atoms with Gasteiger partial charge in [-0.2, -0.15) is 0 Å². The molecule has 1 aliphatic rings. The fourth-order valence-corrected chi connectivity index (χ4v) is 2.60. The molecule has 0 aromatic heterocycles. The Balaban J connectivity index is 2.20. The van der Waals surface area contributed by atoms with E-state index in [0.717, 1.165) is 39.0 Å². The number of carbonyl (C=O) groups is 2. The first-order chi connectivity index (χ1) is 11.3. The molecular formula is C17H33N3O4. The average Bonchev–Trinajstić information content (AvgIpc) is 2.53. The van der Waals surface area contributed by atoms with Gasteiger partial charge in [0, 0.05) is 26.2 Å². The maximum absolute atomic E-state index is 12.0. The molecule has 1 aliphatic heterocycles. The monoisotopic (exact) mass is 343 g/mol. The predicted octanol–water partition coefficient (Wildman–Crippen LogP) is 1.47. The van der Waals surface area contributed by atoms with Crippen molar-refractivity contribution in [2.24, 2.45) is 0 Å². The van der Waals surface area contributed by atoms with E-state index in [9.17, 15) is 9.59 Å². The first-order valence-electron chi connectivity index (χ1n) is 8.78. The van der Waals surface area contributed by atoms with Crippen LogP contribution >= 0.6 is 0 Å². The summed E-state index contributed by atoms with van der Waals surface area (Å²) in [7, 11) is 1.41. The van der Waals surface area contributed by atoms with Crippen molar-refractivity contribution in [3.05, 3.63) is 0 Å². The number of ether oxygens (including phenoxy) is 2. The minimum absolute atomic E-state index is 0.205. The maximum Gasteiger partial charge on any atom is 0.410 e. The molecule has 7 heteroatoms. The quantitative estimate of drug-likeness (QED) is 0.558. The summed E-state index contributed by atoms with van der Waals surface area (Å²) in [4.78, 5) is 27.6. The van der Waals surface area contributed by atoms with Gasteiger partial charge in [0.25, 0.3) is 0 Å².